The fourth-order valence-electron chi connectivity index (χ4n) is 3.26. The summed E-state index contributed by atoms with van der Waals surface area (Å²) in [4.78, 5) is 24.4. The van der Waals surface area contributed by atoms with Crippen molar-refractivity contribution >= 4 is 40.3 Å². The maximum atomic E-state index is 11.4. The SMILES string of the molecule is CC(C)(Nc1cccc(Cn2cc(-c3cc(-c4cccc(I)c4C#N)nc(N)n3)nn2)n1)C(=O)O. The highest BCUT2D eigenvalue weighted by molar-refractivity contribution is 14.1. The summed E-state index contributed by atoms with van der Waals surface area (Å²) in [6.07, 6.45) is 1.70. The van der Waals surface area contributed by atoms with E-state index in [4.69, 9.17) is 5.73 Å². The number of carboxylic acid groups (broad SMARTS) is 1. The van der Waals surface area contributed by atoms with Gasteiger partial charge in [-0.05, 0) is 60.7 Å². The monoisotopic (exact) mass is 581 g/mol. The molecule has 3 heterocycles. The molecule has 0 aliphatic heterocycles. The van der Waals surface area contributed by atoms with E-state index in [0.717, 1.165) is 3.57 Å². The van der Waals surface area contributed by atoms with Gasteiger partial charge in [0.2, 0.25) is 5.95 Å². The van der Waals surface area contributed by atoms with Gasteiger partial charge in [0.1, 0.15) is 23.1 Å². The Hall–Kier alpha value is -4.12. The number of aliphatic carboxylic acids is 1. The predicted octanol–water partition coefficient (Wildman–Crippen LogP) is 3.18. The zero-order valence-corrected chi connectivity index (χ0v) is 20.9. The molecule has 0 fully saturated rings. The summed E-state index contributed by atoms with van der Waals surface area (Å²) in [6.45, 7) is 3.43. The van der Waals surface area contributed by atoms with E-state index in [0.29, 0.717) is 46.3 Å². The van der Waals surface area contributed by atoms with Gasteiger partial charge in [-0.15, -0.1) is 5.10 Å². The number of carboxylic acids is 1. The number of nitrogen functional groups attached to an aromatic ring is 1. The molecule has 4 rings (SSSR count). The molecule has 1 aromatic carbocycles. The van der Waals surface area contributed by atoms with E-state index in [-0.39, 0.29) is 5.95 Å². The molecule has 0 spiro atoms. The number of benzene rings is 1. The number of nitrogens with two attached hydrogens (primary N) is 1. The Morgan fingerprint density at radius 1 is 1.17 bits per heavy atom. The molecule has 0 atom stereocenters. The number of hydrogen-bond acceptors (Lipinski definition) is 9. The van der Waals surface area contributed by atoms with Crippen LogP contribution in [-0.4, -0.2) is 46.6 Å². The van der Waals surface area contributed by atoms with Crippen molar-refractivity contribution in [1.29, 1.82) is 5.26 Å². The lowest BCUT2D eigenvalue weighted by Gasteiger charge is -2.21. The number of rotatable bonds is 7. The number of anilines is 2. The molecule has 4 N–H and O–H groups in total. The minimum atomic E-state index is -1.17. The maximum Gasteiger partial charge on any atom is 0.328 e. The molecular weight excluding hydrogens is 561 g/mol. The summed E-state index contributed by atoms with van der Waals surface area (Å²) < 4.78 is 2.40. The summed E-state index contributed by atoms with van der Waals surface area (Å²) >= 11 is 2.11. The topological polar surface area (TPSA) is 169 Å². The fourth-order valence-corrected chi connectivity index (χ4v) is 3.87. The lowest BCUT2D eigenvalue weighted by molar-refractivity contribution is -0.141. The molecule has 0 radical (unpaired) electrons. The van der Waals surface area contributed by atoms with Crippen molar-refractivity contribution in [3.8, 4) is 28.7 Å². The van der Waals surface area contributed by atoms with Crippen LogP contribution in [0.4, 0.5) is 11.8 Å². The molecular formula is C23H20IN9O2. The maximum absolute atomic E-state index is 11.4. The predicted molar refractivity (Wildman–Crippen MR) is 137 cm³/mol. The molecule has 0 unspecified atom stereocenters. The van der Waals surface area contributed by atoms with Crippen molar-refractivity contribution in [2.24, 2.45) is 0 Å². The lowest BCUT2D eigenvalue weighted by Crippen LogP contribution is -2.40. The second-order valence-electron chi connectivity index (χ2n) is 8.14. The smallest absolute Gasteiger partial charge is 0.328 e. The van der Waals surface area contributed by atoms with Crippen molar-refractivity contribution in [3.05, 3.63) is 63.5 Å². The first kappa shape index (κ1) is 24.0. The molecule has 0 aliphatic carbocycles. The average molecular weight is 581 g/mol. The van der Waals surface area contributed by atoms with Crippen LogP contribution in [0.5, 0.6) is 0 Å². The second-order valence-corrected chi connectivity index (χ2v) is 9.30. The van der Waals surface area contributed by atoms with Crippen molar-refractivity contribution in [3.63, 3.8) is 0 Å². The van der Waals surface area contributed by atoms with Crippen LogP contribution in [0, 0.1) is 14.9 Å². The standard InChI is InChI=1S/C23H20IN9O2/c1-23(2,21(34)35)30-20-8-3-5-13(27-20)11-33-12-19(31-32-33)18-9-17(28-22(26)29-18)14-6-4-7-16(24)15(14)10-25/h3-9,12H,11H2,1-2H3,(H,27,30)(H,34,35)(H2,26,28,29). The molecule has 3 aromatic heterocycles. The highest BCUT2D eigenvalue weighted by Gasteiger charge is 2.27. The Bertz CT molecular complexity index is 1460. The van der Waals surface area contributed by atoms with Gasteiger partial charge in [0.05, 0.1) is 35.4 Å². The second kappa shape index (κ2) is 9.63. The summed E-state index contributed by atoms with van der Waals surface area (Å²) in [6, 6.07) is 14.7. The van der Waals surface area contributed by atoms with Crippen LogP contribution in [0.2, 0.25) is 0 Å². The zero-order valence-electron chi connectivity index (χ0n) is 18.8. The Morgan fingerprint density at radius 3 is 2.66 bits per heavy atom. The summed E-state index contributed by atoms with van der Waals surface area (Å²) in [7, 11) is 0. The van der Waals surface area contributed by atoms with Gasteiger partial charge in [0.15, 0.2) is 0 Å². The van der Waals surface area contributed by atoms with Crippen molar-refractivity contribution < 1.29 is 9.90 Å². The first-order valence-corrected chi connectivity index (χ1v) is 11.5. The number of aromatic nitrogens is 6. The Kier molecular flexibility index (Phi) is 6.61. The van der Waals surface area contributed by atoms with Gasteiger partial charge in [-0.25, -0.2) is 24.4 Å². The molecule has 4 aromatic rings. The van der Waals surface area contributed by atoms with Crippen molar-refractivity contribution in [1.82, 2.24) is 29.9 Å². The fraction of sp³-hybridized carbons (Fsp3) is 0.174. The zero-order chi connectivity index (χ0) is 25.2. The van der Waals surface area contributed by atoms with Gasteiger partial charge in [0, 0.05) is 9.13 Å². The van der Waals surface area contributed by atoms with E-state index in [9.17, 15) is 15.2 Å². The van der Waals surface area contributed by atoms with Gasteiger partial charge >= 0.3 is 5.97 Å². The molecule has 0 amide bonds. The van der Waals surface area contributed by atoms with E-state index >= 15 is 0 Å². The number of halogens is 1. The summed E-state index contributed by atoms with van der Waals surface area (Å²) in [5, 5.41) is 30.2. The van der Waals surface area contributed by atoms with Crippen molar-refractivity contribution in [2.75, 3.05) is 11.1 Å². The van der Waals surface area contributed by atoms with Crippen LogP contribution < -0.4 is 11.1 Å². The Balaban J connectivity index is 1.60. The summed E-state index contributed by atoms with van der Waals surface area (Å²) in [5.74, 6) is -0.494. The van der Waals surface area contributed by atoms with Crippen LogP contribution in [0.25, 0.3) is 22.6 Å². The normalized spacial score (nSPS) is 11.1. The van der Waals surface area contributed by atoms with E-state index in [2.05, 4.69) is 59.2 Å². The number of carbonyl (C=O) groups is 1. The molecule has 12 heteroatoms. The molecule has 0 bridgehead atoms. The molecule has 11 nitrogen and oxygen atoms in total. The largest absolute Gasteiger partial charge is 0.480 e. The van der Waals surface area contributed by atoms with E-state index < -0.39 is 11.5 Å². The van der Waals surface area contributed by atoms with Gasteiger partial charge in [-0.1, -0.05) is 23.4 Å². The molecule has 35 heavy (non-hydrogen) atoms. The third kappa shape index (κ3) is 5.35. The van der Waals surface area contributed by atoms with E-state index in [1.807, 2.05) is 18.2 Å². The van der Waals surface area contributed by atoms with Crippen LogP contribution in [0.1, 0.15) is 25.1 Å². The highest BCUT2D eigenvalue weighted by Crippen LogP contribution is 2.28. The van der Waals surface area contributed by atoms with Crippen LogP contribution in [-0.2, 0) is 11.3 Å². The molecule has 0 aliphatic rings. The lowest BCUT2D eigenvalue weighted by atomic mass is 10.0. The number of hydrogen-bond donors (Lipinski definition) is 3. The first-order valence-electron chi connectivity index (χ1n) is 10.4. The van der Waals surface area contributed by atoms with Gasteiger partial charge in [-0.2, -0.15) is 5.26 Å². The quantitative estimate of drug-likeness (QED) is 0.276. The van der Waals surface area contributed by atoms with Crippen LogP contribution in [0.3, 0.4) is 0 Å². The number of nitriles is 1. The average Bonchev–Trinajstić information content (AvgIpc) is 3.27. The van der Waals surface area contributed by atoms with E-state index in [1.54, 1.807) is 49.0 Å². The third-order valence-corrected chi connectivity index (χ3v) is 5.95. The number of pyridine rings is 1. The molecule has 0 saturated carbocycles. The number of nitrogens with one attached hydrogen (secondary N) is 1. The summed E-state index contributed by atoms with van der Waals surface area (Å²) in [5.41, 5.74) is 8.07. The number of nitrogens with zero attached hydrogens (tertiary/aromatic N) is 7. The van der Waals surface area contributed by atoms with Gasteiger partial charge in [-0.3, -0.25) is 0 Å². The highest BCUT2D eigenvalue weighted by atomic mass is 127. The van der Waals surface area contributed by atoms with Crippen LogP contribution in [0.15, 0.2) is 48.7 Å². The first-order chi connectivity index (χ1) is 16.7. The minimum absolute atomic E-state index is 0.0521. The van der Waals surface area contributed by atoms with E-state index in [1.165, 1.54) is 0 Å². The Morgan fingerprint density at radius 2 is 1.91 bits per heavy atom. The molecule has 176 valence electrons. The van der Waals surface area contributed by atoms with Gasteiger partial charge in [0.25, 0.3) is 0 Å². The molecule has 0 saturated heterocycles. The van der Waals surface area contributed by atoms with Gasteiger partial charge < -0.3 is 16.2 Å². The van der Waals surface area contributed by atoms with Crippen molar-refractivity contribution in [2.45, 2.75) is 25.9 Å². The Labute approximate surface area is 214 Å². The minimum Gasteiger partial charge on any atom is -0.480 e. The third-order valence-electron chi connectivity index (χ3n) is 5.05. The van der Waals surface area contributed by atoms with Crippen LogP contribution >= 0.6 is 22.6 Å².